The minimum absolute atomic E-state index is 0.143. The number of anilines is 1. The van der Waals surface area contributed by atoms with Crippen LogP contribution >= 0.6 is 11.8 Å². The number of methoxy groups -OCH3 is 2. The Hall–Kier alpha value is -2.67. The molecule has 0 atom stereocenters. The number of hydrogen-bond donors (Lipinski definition) is 1. The molecule has 0 unspecified atom stereocenters. The van der Waals surface area contributed by atoms with E-state index in [0.717, 1.165) is 16.5 Å². The third-order valence-corrected chi connectivity index (χ3v) is 4.46. The van der Waals surface area contributed by atoms with E-state index < -0.39 is 0 Å². The molecule has 0 saturated carbocycles. The fourth-order valence-electron chi connectivity index (χ4n) is 2.29. The summed E-state index contributed by atoms with van der Waals surface area (Å²) in [6.45, 7) is 0.376. The first-order valence-electron chi connectivity index (χ1n) is 7.63. The second-order valence-electron chi connectivity index (χ2n) is 5.17. The molecule has 3 rings (SSSR count). The lowest BCUT2D eigenvalue weighted by Gasteiger charge is -2.16. The number of para-hydroxylation sites is 2. The van der Waals surface area contributed by atoms with Crippen LogP contribution in [0.3, 0.4) is 0 Å². The van der Waals surface area contributed by atoms with Crippen molar-refractivity contribution in [3.63, 3.8) is 0 Å². The van der Waals surface area contributed by atoms with Crippen LogP contribution in [0.5, 0.6) is 17.2 Å². The third-order valence-electron chi connectivity index (χ3n) is 3.51. The highest BCUT2D eigenvalue weighted by Crippen LogP contribution is 2.32. The topological polar surface area (TPSA) is 69.2 Å². The predicted molar refractivity (Wildman–Crippen MR) is 99.7 cm³/mol. The zero-order valence-corrected chi connectivity index (χ0v) is 14.8. The number of nitrogens with zero attached hydrogens (tertiary/aromatic N) is 1. The maximum Gasteiger partial charge on any atom is 0.234 e. The van der Waals surface area contributed by atoms with Crippen LogP contribution < -0.4 is 19.5 Å². The lowest BCUT2D eigenvalue weighted by molar-refractivity contribution is -0.113. The number of hydrogen-bond acceptors (Lipinski definition) is 6. The van der Waals surface area contributed by atoms with Crippen LogP contribution in [0.25, 0.3) is 0 Å². The average Bonchev–Trinajstić information content (AvgIpc) is 2.66. The van der Waals surface area contributed by atoms with Crippen LogP contribution in [-0.4, -0.2) is 37.5 Å². The second kappa shape index (κ2) is 7.94. The van der Waals surface area contributed by atoms with Crippen LogP contribution in [0, 0.1) is 0 Å². The van der Waals surface area contributed by atoms with Gasteiger partial charge in [0.15, 0.2) is 0 Å². The van der Waals surface area contributed by atoms with Crippen molar-refractivity contribution in [2.24, 2.45) is 4.99 Å². The van der Waals surface area contributed by atoms with Gasteiger partial charge in [0.25, 0.3) is 0 Å². The number of ether oxygens (including phenoxy) is 3. The SMILES string of the molecule is COc1ccc(NC(=O)CSC2=Nc3ccccc3OC2)c(OC)c1. The van der Waals surface area contributed by atoms with Gasteiger partial charge >= 0.3 is 0 Å². The molecule has 0 spiro atoms. The Labute approximate surface area is 150 Å². The molecule has 7 heteroatoms. The van der Waals surface area contributed by atoms with E-state index in [2.05, 4.69) is 10.3 Å². The summed E-state index contributed by atoms with van der Waals surface area (Å²) in [6.07, 6.45) is 0. The van der Waals surface area contributed by atoms with E-state index in [-0.39, 0.29) is 11.7 Å². The Morgan fingerprint density at radius 3 is 2.88 bits per heavy atom. The molecule has 0 fully saturated rings. The minimum Gasteiger partial charge on any atom is -0.497 e. The van der Waals surface area contributed by atoms with E-state index in [1.54, 1.807) is 32.4 Å². The number of benzene rings is 2. The first-order chi connectivity index (χ1) is 12.2. The molecule has 130 valence electrons. The zero-order valence-electron chi connectivity index (χ0n) is 13.9. The van der Waals surface area contributed by atoms with Crippen molar-refractivity contribution in [1.29, 1.82) is 0 Å². The van der Waals surface area contributed by atoms with Crippen molar-refractivity contribution in [3.8, 4) is 17.2 Å². The van der Waals surface area contributed by atoms with Gasteiger partial charge in [-0.05, 0) is 24.3 Å². The second-order valence-corrected chi connectivity index (χ2v) is 6.21. The molecule has 1 amide bonds. The van der Waals surface area contributed by atoms with Gasteiger partial charge < -0.3 is 19.5 Å². The summed E-state index contributed by atoms with van der Waals surface area (Å²) < 4.78 is 16.1. The standard InChI is InChI=1S/C18H18N2O4S/c1-22-12-7-8-14(16(9-12)23-2)19-17(21)11-25-18-10-24-15-6-4-3-5-13(15)20-18/h3-9H,10-11H2,1-2H3,(H,19,21). The van der Waals surface area contributed by atoms with Crippen LogP contribution in [0.1, 0.15) is 0 Å². The van der Waals surface area contributed by atoms with Gasteiger partial charge in [0, 0.05) is 6.07 Å². The van der Waals surface area contributed by atoms with Gasteiger partial charge in [0.05, 0.1) is 25.7 Å². The summed E-state index contributed by atoms with van der Waals surface area (Å²) >= 11 is 1.36. The van der Waals surface area contributed by atoms with E-state index in [9.17, 15) is 4.79 Å². The monoisotopic (exact) mass is 358 g/mol. The minimum atomic E-state index is -0.143. The molecule has 6 nitrogen and oxygen atoms in total. The maximum absolute atomic E-state index is 12.2. The Bertz CT molecular complexity index is 807. The number of amides is 1. The lowest BCUT2D eigenvalue weighted by atomic mass is 10.2. The predicted octanol–water partition coefficient (Wildman–Crippen LogP) is 3.50. The van der Waals surface area contributed by atoms with E-state index in [4.69, 9.17) is 14.2 Å². The van der Waals surface area contributed by atoms with Gasteiger partial charge in [0.2, 0.25) is 5.91 Å². The molecule has 1 aliphatic rings. The van der Waals surface area contributed by atoms with Crippen molar-refractivity contribution in [1.82, 2.24) is 0 Å². The Morgan fingerprint density at radius 2 is 2.08 bits per heavy atom. The van der Waals surface area contributed by atoms with Gasteiger partial charge in [-0.15, -0.1) is 0 Å². The number of aliphatic imine (C=N–C) groups is 1. The van der Waals surface area contributed by atoms with Crippen LogP contribution in [-0.2, 0) is 4.79 Å². The molecule has 0 radical (unpaired) electrons. The molecule has 0 bridgehead atoms. The van der Waals surface area contributed by atoms with Gasteiger partial charge in [-0.1, -0.05) is 23.9 Å². The van der Waals surface area contributed by atoms with Crippen molar-refractivity contribution in [2.45, 2.75) is 0 Å². The highest BCUT2D eigenvalue weighted by atomic mass is 32.2. The average molecular weight is 358 g/mol. The summed E-state index contributed by atoms with van der Waals surface area (Å²) in [4.78, 5) is 16.7. The maximum atomic E-state index is 12.2. The molecular formula is C18H18N2O4S. The molecule has 1 heterocycles. The van der Waals surface area contributed by atoms with Gasteiger partial charge in [-0.3, -0.25) is 4.79 Å². The molecule has 1 aliphatic heterocycles. The molecule has 2 aromatic carbocycles. The summed E-state index contributed by atoms with van der Waals surface area (Å²) in [5.41, 5.74) is 1.38. The molecular weight excluding hydrogens is 340 g/mol. The quantitative estimate of drug-likeness (QED) is 0.886. The number of carbonyl (C=O) groups is 1. The summed E-state index contributed by atoms with van der Waals surface area (Å²) in [7, 11) is 3.12. The fraction of sp³-hybridized carbons (Fsp3) is 0.222. The van der Waals surface area contributed by atoms with Gasteiger partial charge in [-0.25, -0.2) is 4.99 Å². The lowest BCUT2D eigenvalue weighted by Crippen LogP contribution is -2.18. The Kier molecular flexibility index (Phi) is 5.45. The number of nitrogens with one attached hydrogen (secondary N) is 1. The van der Waals surface area contributed by atoms with Crippen LogP contribution in [0.4, 0.5) is 11.4 Å². The Morgan fingerprint density at radius 1 is 1.24 bits per heavy atom. The van der Waals surface area contributed by atoms with Crippen molar-refractivity contribution in [3.05, 3.63) is 42.5 Å². The Balaban J connectivity index is 1.60. The molecule has 0 aromatic heterocycles. The van der Waals surface area contributed by atoms with Crippen LogP contribution in [0.15, 0.2) is 47.5 Å². The van der Waals surface area contributed by atoms with E-state index in [1.165, 1.54) is 11.8 Å². The van der Waals surface area contributed by atoms with E-state index in [0.29, 0.717) is 23.8 Å². The first kappa shape index (κ1) is 17.2. The number of fused-ring (bicyclic) bond motifs is 1. The van der Waals surface area contributed by atoms with E-state index >= 15 is 0 Å². The van der Waals surface area contributed by atoms with Gasteiger partial charge in [0.1, 0.15) is 34.6 Å². The molecule has 2 aromatic rings. The highest BCUT2D eigenvalue weighted by Gasteiger charge is 2.15. The van der Waals surface area contributed by atoms with Gasteiger partial charge in [-0.2, -0.15) is 0 Å². The molecule has 1 N–H and O–H groups in total. The van der Waals surface area contributed by atoms with Crippen molar-refractivity contribution >= 4 is 34.1 Å². The summed E-state index contributed by atoms with van der Waals surface area (Å²) in [5, 5.41) is 3.61. The fourth-order valence-corrected chi connectivity index (χ4v) is 2.96. The van der Waals surface area contributed by atoms with E-state index in [1.807, 2.05) is 24.3 Å². The normalized spacial score (nSPS) is 12.5. The van der Waals surface area contributed by atoms with Crippen LogP contribution in [0.2, 0.25) is 0 Å². The number of thioether (sulfide) groups is 1. The molecule has 25 heavy (non-hydrogen) atoms. The van der Waals surface area contributed by atoms with Crippen molar-refractivity contribution < 1.29 is 19.0 Å². The van der Waals surface area contributed by atoms with Crippen molar-refractivity contribution in [2.75, 3.05) is 31.9 Å². The number of carbonyl (C=O) groups excluding carboxylic acids is 1. The summed E-state index contributed by atoms with van der Waals surface area (Å²) in [6, 6.07) is 12.8. The molecule has 0 aliphatic carbocycles. The third kappa shape index (κ3) is 4.24. The number of rotatable bonds is 5. The first-order valence-corrected chi connectivity index (χ1v) is 8.62. The zero-order chi connectivity index (χ0) is 17.6. The highest BCUT2D eigenvalue weighted by molar-refractivity contribution is 8.14. The largest absolute Gasteiger partial charge is 0.497 e. The molecule has 0 saturated heterocycles. The summed E-state index contributed by atoms with van der Waals surface area (Å²) in [5.74, 6) is 2.07. The smallest absolute Gasteiger partial charge is 0.234 e.